The van der Waals surface area contributed by atoms with Gasteiger partial charge in [0.1, 0.15) is 0 Å². The first-order valence-corrected chi connectivity index (χ1v) is 4.48. The van der Waals surface area contributed by atoms with Crippen LogP contribution in [0.5, 0.6) is 5.75 Å². The zero-order valence-corrected chi connectivity index (χ0v) is 8.09. The summed E-state index contributed by atoms with van der Waals surface area (Å²) in [5.41, 5.74) is 0.604. The second kappa shape index (κ2) is 6.38. The van der Waals surface area contributed by atoms with Gasteiger partial charge in [-0.1, -0.05) is 48.5 Å². The SMILES string of the molecule is O=[C]c1ccccc1.[O]c1ccccc1. The number of benzene rings is 2. The van der Waals surface area contributed by atoms with Gasteiger partial charge < -0.3 is 0 Å². The highest BCUT2D eigenvalue weighted by Gasteiger charge is 1.82. The van der Waals surface area contributed by atoms with E-state index >= 15 is 0 Å². The quantitative estimate of drug-likeness (QED) is 0.694. The number of hydrogen-bond acceptors (Lipinski definition) is 1. The molecule has 0 aromatic heterocycles. The minimum atomic E-state index is 0.0718. The minimum absolute atomic E-state index is 0.0718. The Morgan fingerprint density at radius 3 is 1.47 bits per heavy atom. The molecule has 2 radical (unpaired) electrons. The molecule has 0 aliphatic rings. The molecule has 0 amide bonds. The molecule has 0 spiro atoms. The fourth-order valence-corrected chi connectivity index (χ4v) is 0.927. The molecule has 0 aliphatic carbocycles. The zero-order valence-electron chi connectivity index (χ0n) is 8.09. The van der Waals surface area contributed by atoms with Gasteiger partial charge in [0.25, 0.3) is 0 Å². The third-order valence-corrected chi connectivity index (χ3v) is 1.63. The first-order valence-electron chi connectivity index (χ1n) is 4.48. The molecule has 0 aliphatic heterocycles. The molecule has 0 heterocycles. The van der Waals surface area contributed by atoms with E-state index in [4.69, 9.17) is 0 Å². The van der Waals surface area contributed by atoms with E-state index in [1.165, 1.54) is 12.1 Å². The highest BCUT2D eigenvalue weighted by molar-refractivity contribution is 5.74. The van der Waals surface area contributed by atoms with Crippen molar-refractivity contribution < 1.29 is 9.90 Å². The van der Waals surface area contributed by atoms with Crippen LogP contribution in [0, 0.1) is 0 Å². The van der Waals surface area contributed by atoms with Gasteiger partial charge in [-0.2, -0.15) is 0 Å². The summed E-state index contributed by atoms with van der Waals surface area (Å²) in [6, 6.07) is 17.2. The van der Waals surface area contributed by atoms with E-state index < -0.39 is 0 Å². The first kappa shape index (κ1) is 11.0. The van der Waals surface area contributed by atoms with Crippen LogP contribution in [0.15, 0.2) is 60.7 Å². The monoisotopic (exact) mass is 198 g/mol. The maximum atomic E-state index is 10.3. The molecule has 2 aromatic carbocycles. The van der Waals surface area contributed by atoms with E-state index in [0.29, 0.717) is 5.56 Å². The van der Waals surface area contributed by atoms with Gasteiger partial charge in [-0.15, -0.1) is 0 Å². The van der Waals surface area contributed by atoms with E-state index in [-0.39, 0.29) is 5.75 Å². The molecule has 2 heteroatoms. The minimum Gasteiger partial charge on any atom is -0.290 e. The van der Waals surface area contributed by atoms with Gasteiger partial charge in [-0.05, 0) is 12.1 Å². The maximum absolute atomic E-state index is 10.3. The normalized spacial score (nSPS) is 8.53. The van der Waals surface area contributed by atoms with Gasteiger partial charge in [-0.3, -0.25) is 9.90 Å². The van der Waals surface area contributed by atoms with Crippen LogP contribution >= 0.6 is 0 Å². The summed E-state index contributed by atoms with van der Waals surface area (Å²) in [7, 11) is 0. The van der Waals surface area contributed by atoms with Crippen LogP contribution in [-0.2, 0) is 9.90 Å². The molecule has 2 nitrogen and oxygen atoms in total. The predicted octanol–water partition coefficient (Wildman–Crippen LogP) is 2.97. The Morgan fingerprint density at radius 1 is 0.733 bits per heavy atom. The molecule has 0 saturated carbocycles. The van der Waals surface area contributed by atoms with Crippen molar-refractivity contribution in [2.45, 2.75) is 0 Å². The summed E-state index contributed by atoms with van der Waals surface area (Å²) in [6.45, 7) is 0. The summed E-state index contributed by atoms with van der Waals surface area (Å²) in [5, 5.41) is 10.3. The van der Waals surface area contributed by atoms with Crippen LogP contribution in [0.2, 0.25) is 0 Å². The van der Waals surface area contributed by atoms with Crippen molar-refractivity contribution in [3.8, 4) is 5.75 Å². The Morgan fingerprint density at radius 2 is 1.20 bits per heavy atom. The molecule has 0 saturated heterocycles. The Labute approximate surface area is 88.8 Å². The van der Waals surface area contributed by atoms with Gasteiger partial charge in [0, 0.05) is 5.56 Å². The third-order valence-electron chi connectivity index (χ3n) is 1.63. The molecule has 0 atom stereocenters. The largest absolute Gasteiger partial charge is 0.290 e. The van der Waals surface area contributed by atoms with Crippen LogP contribution in [0.25, 0.3) is 0 Å². The van der Waals surface area contributed by atoms with Crippen molar-refractivity contribution in [2.75, 3.05) is 0 Å². The summed E-state index contributed by atoms with van der Waals surface area (Å²) >= 11 is 0. The van der Waals surface area contributed by atoms with E-state index in [1.54, 1.807) is 42.7 Å². The molecule has 74 valence electrons. The topological polar surface area (TPSA) is 37.0 Å². The van der Waals surface area contributed by atoms with Crippen LogP contribution in [0.1, 0.15) is 5.56 Å². The van der Waals surface area contributed by atoms with E-state index in [1.807, 2.05) is 12.1 Å². The lowest BCUT2D eigenvalue weighted by molar-refractivity contribution is 0.355. The second-order valence-electron chi connectivity index (χ2n) is 2.78. The Hall–Kier alpha value is -2.09. The number of rotatable bonds is 1. The van der Waals surface area contributed by atoms with E-state index in [2.05, 4.69) is 0 Å². The van der Waals surface area contributed by atoms with Gasteiger partial charge >= 0.3 is 0 Å². The number of para-hydroxylation sites is 1. The average Bonchev–Trinajstić information content (AvgIpc) is 2.32. The molecule has 15 heavy (non-hydrogen) atoms. The van der Waals surface area contributed by atoms with Gasteiger partial charge in [0.2, 0.25) is 6.29 Å². The summed E-state index contributed by atoms with van der Waals surface area (Å²) in [4.78, 5) is 9.88. The van der Waals surface area contributed by atoms with Crippen LogP contribution in [0.3, 0.4) is 0 Å². The van der Waals surface area contributed by atoms with Gasteiger partial charge in [0.15, 0.2) is 5.75 Å². The Balaban J connectivity index is 0.000000151. The van der Waals surface area contributed by atoms with Crippen molar-refractivity contribution >= 4 is 6.29 Å². The van der Waals surface area contributed by atoms with Crippen molar-refractivity contribution in [3.05, 3.63) is 66.2 Å². The summed E-state index contributed by atoms with van der Waals surface area (Å²) in [5.74, 6) is 0.0718. The molecule has 0 fully saturated rings. The second-order valence-corrected chi connectivity index (χ2v) is 2.78. The number of carbonyl (C=O) groups excluding carboxylic acids is 1. The zero-order chi connectivity index (χ0) is 10.9. The summed E-state index contributed by atoms with van der Waals surface area (Å²) in [6.07, 6.45) is 1.78. The smallest absolute Gasteiger partial charge is 0.233 e. The van der Waals surface area contributed by atoms with Crippen molar-refractivity contribution in [1.82, 2.24) is 0 Å². The van der Waals surface area contributed by atoms with Gasteiger partial charge in [-0.25, -0.2) is 0 Å². The Kier molecular flexibility index (Phi) is 4.67. The van der Waals surface area contributed by atoms with Crippen LogP contribution in [0.4, 0.5) is 0 Å². The number of hydrogen-bond donors (Lipinski definition) is 0. The highest BCUT2D eigenvalue weighted by atomic mass is 16.3. The van der Waals surface area contributed by atoms with Crippen molar-refractivity contribution in [2.24, 2.45) is 0 Å². The molecule has 0 unspecified atom stereocenters. The molecule has 0 bridgehead atoms. The maximum Gasteiger partial charge on any atom is 0.233 e. The predicted molar refractivity (Wildman–Crippen MR) is 57.8 cm³/mol. The fourth-order valence-electron chi connectivity index (χ4n) is 0.927. The lowest BCUT2D eigenvalue weighted by Crippen LogP contribution is -1.73. The molecule has 2 rings (SSSR count). The van der Waals surface area contributed by atoms with E-state index in [9.17, 15) is 9.90 Å². The first-order chi connectivity index (χ1) is 7.33. The lowest BCUT2D eigenvalue weighted by atomic mass is 10.2. The Bertz CT molecular complexity index is 382. The summed E-state index contributed by atoms with van der Waals surface area (Å²) < 4.78 is 0. The van der Waals surface area contributed by atoms with Crippen LogP contribution < -0.4 is 0 Å². The highest BCUT2D eigenvalue weighted by Crippen LogP contribution is 2.04. The fraction of sp³-hybridized carbons (Fsp3) is 0. The lowest BCUT2D eigenvalue weighted by Gasteiger charge is -1.80. The standard InChI is InChI=1S/C7H5O.C6H5O/c8-6-7-4-2-1-3-5-7;7-6-4-2-1-3-5-6/h1-5H;1-5H. The molecule has 0 N–H and O–H groups in total. The van der Waals surface area contributed by atoms with Crippen molar-refractivity contribution in [1.29, 1.82) is 0 Å². The molecular weight excluding hydrogens is 188 g/mol. The van der Waals surface area contributed by atoms with Gasteiger partial charge in [0.05, 0.1) is 0 Å². The third kappa shape index (κ3) is 4.62. The van der Waals surface area contributed by atoms with Crippen molar-refractivity contribution in [3.63, 3.8) is 0 Å². The van der Waals surface area contributed by atoms with E-state index in [0.717, 1.165) is 0 Å². The molecule has 2 aromatic rings. The average molecular weight is 198 g/mol. The molecular formula is C13H10O2. The van der Waals surface area contributed by atoms with Crippen LogP contribution in [-0.4, -0.2) is 6.29 Å².